The van der Waals surface area contributed by atoms with Crippen LogP contribution in [0.4, 0.5) is 10.5 Å². The molecule has 2 amide bonds. The van der Waals surface area contributed by atoms with Crippen LogP contribution in [0.25, 0.3) is 6.08 Å². The molecule has 10 nitrogen and oxygen atoms in total. The summed E-state index contributed by atoms with van der Waals surface area (Å²) in [6.45, 7) is -0.530. The van der Waals surface area contributed by atoms with Crippen molar-refractivity contribution in [2.45, 2.75) is 0 Å². The number of thioether (sulfide) groups is 1. The third-order valence-corrected chi connectivity index (χ3v) is 4.09. The van der Waals surface area contributed by atoms with E-state index in [0.717, 1.165) is 13.2 Å². The van der Waals surface area contributed by atoms with Crippen molar-refractivity contribution in [3.05, 3.63) is 32.7 Å². The van der Waals surface area contributed by atoms with Crippen LogP contribution in [0.5, 0.6) is 11.5 Å². The van der Waals surface area contributed by atoms with E-state index in [-0.39, 0.29) is 16.2 Å². The van der Waals surface area contributed by atoms with Crippen LogP contribution in [0.3, 0.4) is 0 Å². The molecule has 1 N–H and O–H groups in total. The maximum Gasteiger partial charge on any atom is 0.325 e. The molecule has 0 aliphatic carbocycles. The van der Waals surface area contributed by atoms with Crippen LogP contribution in [0.15, 0.2) is 17.0 Å². The average molecular weight is 368 g/mol. The highest BCUT2D eigenvalue weighted by atomic mass is 32.2. The van der Waals surface area contributed by atoms with E-state index in [9.17, 15) is 29.6 Å². The molecule has 0 atom stereocenters. The molecule has 1 aliphatic rings. The third kappa shape index (κ3) is 3.71. The number of hydrogen-bond acceptors (Lipinski definition) is 9. The van der Waals surface area contributed by atoms with Gasteiger partial charge in [0.1, 0.15) is 6.54 Å². The van der Waals surface area contributed by atoms with Gasteiger partial charge in [0.15, 0.2) is 5.75 Å². The Labute approximate surface area is 145 Å². The number of amides is 2. The van der Waals surface area contributed by atoms with Gasteiger partial charge in [-0.25, -0.2) is 0 Å². The molecule has 0 unspecified atom stereocenters. The number of phenolic OH excluding ortho intramolecular Hbond substituents is 1. The van der Waals surface area contributed by atoms with E-state index >= 15 is 0 Å². The normalized spacial score (nSPS) is 15.6. The Morgan fingerprint density at radius 1 is 1.40 bits per heavy atom. The second kappa shape index (κ2) is 7.21. The summed E-state index contributed by atoms with van der Waals surface area (Å²) in [6.07, 6.45) is 1.23. The smallest absolute Gasteiger partial charge is 0.325 e. The minimum atomic E-state index is -0.807. The zero-order chi connectivity index (χ0) is 18.7. The zero-order valence-corrected chi connectivity index (χ0v) is 13.9. The van der Waals surface area contributed by atoms with E-state index in [4.69, 9.17) is 4.74 Å². The summed E-state index contributed by atoms with van der Waals surface area (Å²) in [6, 6.07) is 2.31. The Balaban J connectivity index is 2.39. The first-order valence-corrected chi connectivity index (χ1v) is 7.47. The molecule has 1 heterocycles. The molecule has 1 fully saturated rings. The summed E-state index contributed by atoms with van der Waals surface area (Å²) in [4.78, 5) is 46.1. The number of nitrogens with zero attached hydrogens (tertiary/aromatic N) is 2. The van der Waals surface area contributed by atoms with Crippen LogP contribution in [-0.4, -0.2) is 52.8 Å². The number of hydrogen-bond donors (Lipinski definition) is 1. The number of carbonyl (C=O) groups excluding carboxylic acids is 3. The highest BCUT2D eigenvalue weighted by Gasteiger charge is 2.36. The fraction of sp³-hybridized carbons (Fsp3) is 0.214. The predicted octanol–water partition coefficient (Wildman–Crippen LogP) is 1.52. The number of rotatable bonds is 5. The number of ether oxygens (including phenoxy) is 2. The number of nitro groups is 1. The first-order valence-electron chi connectivity index (χ1n) is 6.66. The lowest BCUT2D eigenvalue weighted by Crippen LogP contribution is -2.34. The second-order valence-corrected chi connectivity index (χ2v) is 5.69. The van der Waals surface area contributed by atoms with Gasteiger partial charge in [0.2, 0.25) is 5.75 Å². The molecule has 0 bridgehead atoms. The van der Waals surface area contributed by atoms with Gasteiger partial charge in [0.05, 0.1) is 24.0 Å². The van der Waals surface area contributed by atoms with E-state index in [2.05, 4.69) is 4.74 Å². The van der Waals surface area contributed by atoms with Gasteiger partial charge in [-0.2, -0.15) is 0 Å². The third-order valence-electron chi connectivity index (χ3n) is 3.18. The minimum Gasteiger partial charge on any atom is -0.500 e. The second-order valence-electron chi connectivity index (χ2n) is 4.69. The monoisotopic (exact) mass is 368 g/mol. The summed E-state index contributed by atoms with van der Waals surface area (Å²) in [5.41, 5.74) is -0.440. The van der Waals surface area contributed by atoms with Gasteiger partial charge in [-0.3, -0.25) is 29.4 Å². The fourth-order valence-electron chi connectivity index (χ4n) is 1.97. The van der Waals surface area contributed by atoms with E-state index in [1.165, 1.54) is 19.3 Å². The maximum atomic E-state index is 12.2. The SMILES string of the molecule is COC(=O)CN1C(=O)SC(=Cc2cc(OC)c(O)c([N+](=O)[O-])c2)C1=O. The molecule has 0 radical (unpaired) electrons. The predicted molar refractivity (Wildman–Crippen MR) is 86.0 cm³/mol. The molecule has 1 aromatic rings. The molecule has 2 rings (SSSR count). The van der Waals surface area contributed by atoms with Crippen molar-refractivity contribution in [2.24, 2.45) is 0 Å². The van der Waals surface area contributed by atoms with Gasteiger partial charge in [-0.1, -0.05) is 0 Å². The van der Waals surface area contributed by atoms with E-state index in [1.54, 1.807) is 0 Å². The molecule has 0 aromatic heterocycles. The number of phenols is 1. The van der Waals surface area contributed by atoms with Crippen molar-refractivity contribution >= 4 is 40.6 Å². The van der Waals surface area contributed by atoms with Crippen LogP contribution >= 0.6 is 11.8 Å². The lowest BCUT2D eigenvalue weighted by atomic mass is 10.1. The largest absolute Gasteiger partial charge is 0.500 e. The van der Waals surface area contributed by atoms with Crippen molar-refractivity contribution < 1.29 is 33.9 Å². The average Bonchev–Trinajstić information content (AvgIpc) is 2.83. The number of nitro benzene ring substituents is 1. The minimum absolute atomic E-state index is 0.0315. The zero-order valence-electron chi connectivity index (χ0n) is 13.0. The Hall–Kier alpha value is -3.08. The summed E-state index contributed by atoms with van der Waals surface area (Å²) in [5.74, 6) is -2.29. The van der Waals surface area contributed by atoms with Gasteiger partial charge in [-0.15, -0.1) is 0 Å². The standard InChI is InChI=1S/C14H12N2O8S/c1-23-9-4-7(3-8(12(9)18)16(21)22)5-10-13(19)15(14(20)25-10)6-11(17)24-2/h3-5,18H,6H2,1-2H3. The Bertz CT molecular complexity index is 804. The lowest BCUT2D eigenvalue weighted by molar-refractivity contribution is -0.386. The van der Waals surface area contributed by atoms with Gasteiger partial charge >= 0.3 is 11.7 Å². The summed E-state index contributed by atoms with van der Waals surface area (Å²) in [5, 5.41) is 20.1. The molecule has 1 aliphatic heterocycles. The summed E-state index contributed by atoms with van der Waals surface area (Å²) in [7, 11) is 2.34. The first-order chi connectivity index (χ1) is 11.8. The van der Waals surface area contributed by atoms with E-state index < -0.39 is 40.0 Å². The highest BCUT2D eigenvalue weighted by molar-refractivity contribution is 8.18. The molecule has 0 spiro atoms. The topological polar surface area (TPSA) is 136 Å². The van der Waals surface area contributed by atoms with Gasteiger partial charge in [0, 0.05) is 6.07 Å². The number of methoxy groups -OCH3 is 2. The van der Waals surface area contributed by atoms with Gasteiger partial charge in [0.25, 0.3) is 11.1 Å². The van der Waals surface area contributed by atoms with Gasteiger partial charge < -0.3 is 14.6 Å². The van der Waals surface area contributed by atoms with Crippen molar-refractivity contribution in [3.8, 4) is 11.5 Å². The van der Waals surface area contributed by atoms with Crippen LogP contribution in [0.2, 0.25) is 0 Å². The molecule has 11 heteroatoms. The van der Waals surface area contributed by atoms with Crippen LogP contribution in [0, 0.1) is 10.1 Å². The lowest BCUT2D eigenvalue weighted by Gasteiger charge is -2.09. The quantitative estimate of drug-likeness (QED) is 0.355. The van der Waals surface area contributed by atoms with Crippen LogP contribution in [0.1, 0.15) is 5.56 Å². The van der Waals surface area contributed by atoms with Crippen molar-refractivity contribution in [1.29, 1.82) is 0 Å². The molecule has 25 heavy (non-hydrogen) atoms. The van der Waals surface area contributed by atoms with Crippen molar-refractivity contribution in [3.63, 3.8) is 0 Å². The van der Waals surface area contributed by atoms with E-state index in [1.807, 2.05) is 0 Å². The van der Waals surface area contributed by atoms with Crippen LogP contribution < -0.4 is 4.74 Å². The number of carbonyl (C=O) groups is 3. The van der Waals surface area contributed by atoms with Crippen molar-refractivity contribution in [1.82, 2.24) is 4.90 Å². The number of imide groups is 1. The number of aromatic hydroxyl groups is 1. The van der Waals surface area contributed by atoms with Crippen LogP contribution in [-0.2, 0) is 14.3 Å². The van der Waals surface area contributed by atoms with E-state index in [0.29, 0.717) is 16.7 Å². The summed E-state index contributed by atoms with van der Waals surface area (Å²) >= 11 is 0.579. The first kappa shape index (κ1) is 18.3. The number of benzene rings is 1. The van der Waals surface area contributed by atoms with Gasteiger partial charge in [-0.05, 0) is 29.5 Å². The highest BCUT2D eigenvalue weighted by Crippen LogP contribution is 2.39. The molecule has 1 aromatic carbocycles. The number of esters is 1. The Kier molecular flexibility index (Phi) is 5.27. The molecular formula is C14H12N2O8S. The Morgan fingerprint density at radius 3 is 2.64 bits per heavy atom. The van der Waals surface area contributed by atoms with Crippen molar-refractivity contribution in [2.75, 3.05) is 20.8 Å². The molecule has 0 saturated carbocycles. The fourth-order valence-corrected chi connectivity index (χ4v) is 2.81. The Morgan fingerprint density at radius 2 is 2.08 bits per heavy atom. The maximum absolute atomic E-state index is 12.2. The molecular weight excluding hydrogens is 356 g/mol. The molecule has 132 valence electrons. The summed E-state index contributed by atoms with van der Waals surface area (Å²) < 4.78 is 9.28. The molecule has 1 saturated heterocycles.